The number of hydrogen-bond donors (Lipinski definition) is 1. The first-order valence-corrected chi connectivity index (χ1v) is 10.7. The van der Waals surface area contributed by atoms with Crippen molar-refractivity contribution in [1.29, 1.82) is 0 Å². The lowest BCUT2D eigenvalue weighted by Gasteiger charge is -2.31. The summed E-state index contributed by atoms with van der Waals surface area (Å²) in [6.45, 7) is 0.621. The van der Waals surface area contributed by atoms with Gasteiger partial charge in [0.1, 0.15) is 5.82 Å². The normalized spacial score (nSPS) is 18.0. The molecule has 10 heteroatoms. The molecular weight excluding hydrogens is 397 g/mol. The minimum atomic E-state index is -3.77. The third-order valence-electron chi connectivity index (χ3n) is 5.01. The maximum Gasteiger partial charge on any atom is 0.243 e. The monoisotopic (exact) mass is 417 g/mol. The van der Waals surface area contributed by atoms with Gasteiger partial charge in [0, 0.05) is 19.3 Å². The summed E-state index contributed by atoms with van der Waals surface area (Å²) < 4.78 is 41.8. The molecule has 3 aromatic rings. The van der Waals surface area contributed by atoms with Crippen molar-refractivity contribution in [1.82, 2.24) is 24.2 Å². The Morgan fingerprint density at radius 2 is 1.97 bits per heavy atom. The van der Waals surface area contributed by atoms with E-state index in [2.05, 4.69) is 15.5 Å². The van der Waals surface area contributed by atoms with Crippen LogP contribution in [0.2, 0.25) is 0 Å². The van der Waals surface area contributed by atoms with E-state index < -0.39 is 21.8 Å². The highest BCUT2D eigenvalue weighted by molar-refractivity contribution is 7.89. The molecule has 3 heterocycles. The fraction of sp³-hybridized carbons (Fsp3) is 0.316. The summed E-state index contributed by atoms with van der Waals surface area (Å²) in [6, 6.07) is 10.2. The lowest BCUT2D eigenvalue weighted by atomic mass is 9.99. The van der Waals surface area contributed by atoms with E-state index in [4.69, 9.17) is 0 Å². The Hall–Kier alpha value is -2.85. The molecular formula is C19H20FN5O3S. The SMILES string of the molecule is O=C(NCc1nnc2ccccn12)[C@@H]1CCCN(S(=O)(=O)c2ccc(F)cc2)C1. The van der Waals surface area contributed by atoms with Crippen molar-refractivity contribution >= 4 is 21.6 Å². The van der Waals surface area contributed by atoms with E-state index in [1.807, 2.05) is 24.4 Å². The summed E-state index contributed by atoms with van der Waals surface area (Å²) in [7, 11) is -3.77. The Morgan fingerprint density at radius 1 is 1.17 bits per heavy atom. The second-order valence-corrected chi connectivity index (χ2v) is 8.86. The Labute approximate surface area is 167 Å². The van der Waals surface area contributed by atoms with E-state index >= 15 is 0 Å². The van der Waals surface area contributed by atoms with E-state index in [0.29, 0.717) is 30.9 Å². The van der Waals surface area contributed by atoms with E-state index in [0.717, 1.165) is 12.1 Å². The van der Waals surface area contributed by atoms with Crippen LogP contribution >= 0.6 is 0 Å². The minimum absolute atomic E-state index is 0.0230. The Bertz CT molecular complexity index is 1130. The van der Waals surface area contributed by atoms with Crippen LogP contribution in [0.25, 0.3) is 5.65 Å². The van der Waals surface area contributed by atoms with Crippen LogP contribution in [0.1, 0.15) is 18.7 Å². The van der Waals surface area contributed by atoms with Gasteiger partial charge in [0.2, 0.25) is 15.9 Å². The van der Waals surface area contributed by atoms with Crippen LogP contribution in [0, 0.1) is 11.7 Å². The third kappa shape index (κ3) is 3.99. The molecule has 4 rings (SSSR count). The topological polar surface area (TPSA) is 96.7 Å². The minimum Gasteiger partial charge on any atom is -0.349 e. The van der Waals surface area contributed by atoms with Gasteiger partial charge in [0.05, 0.1) is 17.4 Å². The molecule has 152 valence electrons. The maximum absolute atomic E-state index is 13.1. The quantitative estimate of drug-likeness (QED) is 0.680. The van der Waals surface area contributed by atoms with Crippen molar-refractivity contribution in [3.8, 4) is 0 Å². The van der Waals surface area contributed by atoms with Crippen molar-refractivity contribution in [2.24, 2.45) is 5.92 Å². The van der Waals surface area contributed by atoms with E-state index in [9.17, 15) is 17.6 Å². The van der Waals surface area contributed by atoms with E-state index in [-0.39, 0.29) is 23.9 Å². The summed E-state index contributed by atoms with van der Waals surface area (Å²) in [6.07, 6.45) is 2.99. The standard InChI is InChI=1S/C19H20FN5O3S/c20-15-6-8-16(9-7-15)29(27,28)24-10-3-4-14(13-24)19(26)21-12-18-23-22-17-5-1-2-11-25(17)18/h1-2,5-9,11,14H,3-4,10,12-13H2,(H,21,26)/t14-/m1/s1. The van der Waals surface area contributed by atoms with Gasteiger partial charge in [-0.15, -0.1) is 10.2 Å². The van der Waals surface area contributed by atoms with Gasteiger partial charge >= 0.3 is 0 Å². The number of fused-ring (bicyclic) bond motifs is 1. The van der Waals surface area contributed by atoms with Gasteiger partial charge in [-0.3, -0.25) is 9.20 Å². The molecule has 1 aromatic carbocycles. The largest absolute Gasteiger partial charge is 0.349 e. The second kappa shape index (κ2) is 7.88. The number of carbonyl (C=O) groups excluding carboxylic acids is 1. The number of rotatable bonds is 5. The van der Waals surface area contributed by atoms with Gasteiger partial charge in [-0.05, 0) is 49.2 Å². The zero-order valence-electron chi connectivity index (χ0n) is 15.5. The van der Waals surface area contributed by atoms with Crippen LogP contribution in [0.15, 0.2) is 53.6 Å². The van der Waals surface area contributed by atoms with Gasteiger partial charge in [-0.2, -0.15) is 4.31 Å². The Kier molecular flexibility index (Phi) is 5.29. The molecule has 1 amide bonds. The van der Waals surface area contributed by atoms with Gasteiger partial charge in [-0.25, -0.2) is 12.8 Å². The number of amides is 1. The molecule has 0 spiro atoms. The highest BCUT2D eigenvalue weighted by atomic mass is 32.2. The van der Waals surface area contributed by atoms with Crippen molar-refractivity contribution in [3.05, 3.63) is 60.3 Å². The second-order valence-electron chi connectivity index (χ2n) is 6.92. The van der Waals surface area contributed by atoms with Gasteiger partial charge in [0.15, 0.2) is 11.5 Å². The molecule has 0 bridgehead atoms. The molecule has 0 aliphatic carbocycles. The number of nitrogens with zero attached hydrogens (tertiary/aromatic N) is 4. The van der Waals surface area contributed by atoms with Gasteiger partial charge < -0.3 is 5.32 Å². The fourth-order valence-corrected chi connectivity index (χ4v) is 4.98. The number of piperidine rings is 1. The third-order valence-corrected chi connectivity index (χ3v) is 6.89. The van der Waals surface area contributed by atoms with E-state index in [1.165, 1.54) is 16.4 Å². The Balaban J connectivity index is 1.42. The highest BCUT2D eigenvalue weighted by Gasteiger charge is 2.33. The van der Waals surface area contributed by atoms with Crippen LogP contribution in [0.4, 0.5) is 4.39 Å². The number of sulfonamides is 1. The zero-order valence-corrected chi connectivity index (χ0v) is 16.3. The highest BCUT2D eigenvalue weighted by Crippen LogP contribution is 2.24. The first-order chi connectivity index (χ1) is 13.9. The van der Waals surface area contributed by atoms with Crippen molar-refractivity contribution in [2.75, 3.05) is 13.1 Å². The molecule has 1 aliphatic heterocycles. The lowest BCUT2D eigenvalue weighted by Crippen LogP contribution is -2.45. The summed E-state index contributed by atoms with van der Waals surface area (Å²) in [5, 5.41) is 10.9. The summed E-state index contributed by atoms with van der Waals surface area (Å²) >= 11 is 0. The number of halogens is 1. The van der Waals surface area contributed by atoms with Crippen LogP contribution in [-0.4, -0.2) is 46.3 Å². The average Bonchev–Trinajstić information content (AvgIpc) is 3.15. The number of hydrogen-bond acceptors (Lipinski definition) is 5. The number of benzene rings is 1. The maximum atomic E-state index is 13.1. The molecule has 8 nitrogen and oxygen atoms in total. The van der Waals surface area contributed by atoms with E-state index in [1.54, 1.807) is 4.40 Å². The zero-order chi connectivity index (χ0) is 20.4. The molecule has 0 saturated carbocycles. The van der Waals surface area contributed by atoms with Gasteiger partial charge in [0.25, 0.3) is 0 Å². The number of aromatic nitrogens is 3. The van der Waals surface area contributed by atoms with Crippen molar-refractivity contribution in [3.63, 3.8) is 0 Å². The van der Waals surface area contributed by atoms with Crippen LogP contribution in [0.3, 0.4) is 0 Å². The predicted molar refractivity (Wildman–Crippen MR) is 103 cm³/mol. The lowest BCUT2D eigenvalue weighted by molar-refractivity contribution is -0.126. The summed E-state index contributed by atoms with van der Waals surface area (Å²) in [4.78, 5) is 12.7. The first kappa shape index (κ1) is 19.5. The first-order valence-electron chi connectivity index (χ1n) is 9.27. The molecule has 0 radical (unpaired) electrons. The van der Waals surface area contributed by atoms with Crippen molar-refractivity contribution < 1.29 is 17.6 Å². The summed E-state index contributed by atoms with van der Waals surface area (Å²) in [5.74, 6) is -0.587. The molecule has 1 saturated heterocycles. The van der Waals surface area contributed by atoms with Crippen LogP contribution in [-0.2, 0) is 21.4 Å². The molecule has 1 atom stereocenters. The summed E-state index contributed by atoms with van der Waals surface area (Å²) in [5.41, 5.74) is 0.686. The van der Waals surface area contributed by atoms with Crippen molar-refractivity contribution in [2.45, 2.75) is 24.3 Å². The molecule has 1 aliphatic rings. The predicted octanol–water partition coefficient (Wildman–Crippen LogP) is 1.59. The smallest absolute Gasteiger partial charge is 0.243 e. The fourth-order valence-electron chi connectivity index (χ4n) is 3.45. The molecule has 29 heavy (non-hydrogen) atoms. The molecule has 2 aromatic heterocycles. The molecule has 1 fully saturated rings. The number of carbonyl (C=O) groups is 1. The molecule has 1 N–H and O–H groups in total. The van der Waals surface area contributed by atoms with Crippen LogP contribution < -0.4 is 5.32 Å². The number of pyridine rings is 1. The average molecular weight is 417 g/mol. The van der Waals surface area contributed by atoms with Crippen LogP contribution in [0.5, 0.6) is 0 Å². The Morgan fingerprint density at radius 3 is 2.76 bits per heavy atom. The van der Waals surface area contributed by atoms with Gasteiger partial charge in [-0.1, -0.05) is 6.07 Å². The number of nitrogens with one attached hydrogen (secondary N) is 1. The molecule has 0 unspecified atom stereocenters.